The van der Waals surface area contributed by atoms with E-state index in [9.17, 15) is 14.3 Å². The summed E-state index contributed by atoms with van der Waals surface area (Å²) in [6.45, 7) is 0.487. The van der Waals surface area contributed by atoms with E-state index in [-0.39, 0.29) is 22.7 Å². The van der Waals surface area contributed by atoms with E-state index in [2.05, 4.69) is 10.2 Å². The number of amides is 1. The Bertz CT molecular complexity index is 1130. The summed E-state index contributed by atoms with van der Waals surface area (Å²) in [7, 11) is 0. The SMILES string of the molecule is O=C1C(Cc2ccc(F)cc2)S/C(=N/N=C/c2ccccc2O)N1CCc1ccccc1. The van der Waals surface area contributed by atoms with Crippen LogP contribution in [0.3, 0.4) is 0 Å². The Labute approximate surface area is 190 Å². The van der Waals surface area contributed by atoms with Gasteiger partial charge in [0.1, 0.15) is 11.6 Å². The Morgan fingerprint density at radius 1 is 0.969 bits per heavy atom. The smallest absolute Gasteiger partial charge is 0.242 e. The van der Waals surface area contributed by atoms with Crippen molar-refractivity contribution in [1.82, 2.24) is 4.90 Å². The number of nitrogens with zero attached hydrogens (tertiary/aromatic N) is 3. The molecule has 1 atom stereocenters. The van der Waals surface area contributed by atoms with Gasteiger partial charge in [-0.15, -0.1) is 5.10 Å². The fourth-order valence-electron chi connectivity index (χ4n) is 3.38. The number of phenolic OH excluding ortho intramolecular Hbond substituents is 1. The summed E-state index contributed by atoms with van der Waals surface area (Å²) in [5.74, 6) is -0.224. The minimum Gasteiger partial charge on any atom is -0.507 e. The quantitative estimate of drug-likeness (QED) is 0.424. The van der Waals surface area contributed by atoms with E-state index in [1.165, 1.54) is 30.1 Å². The molecule has 1 aliphatic heterocycles. The third-order valence-electron chi connectivity index (χ3n) is 5.10. The summed E-state index contributed by atoms with van der Waals surface area (Å²) in [5.41, 5.74) is 2.56. The molecule has 4 rings (SSSR count). The van der Waals surface area contributed by atoms with Gasteiger partial charge in [0.05, 0.1) is 11.5 Å². The van der Waals surface area contributed by atoms with Gasteiger partial charge in [-0.1, -0.05) is 66.4 Å². The number of benzene rings is 3. The normalized spacial score (nSPS) is 17.5. The molecule has 0 spiro atoms. The number of rotatable bonds is 7. The molecule has 3 aromatic rings. The van der Waals surface area contributed by atoms with Crippen molar-refractivity contribution in [3.63, 3.8) is 0 Å². The number of phenols is 1. The summed E-state index contributed by atoms with van der Waals surface area (Å²) in [5, 5.41) is 18.5. The lowest BCUT2D eigenvalue weighted by atomic mass is 10.1. The molecule has 3 aromatic carbocycles. The van der Waals surface area contributed by atoms with Crippen molar-refractivity contribution < 1.29 is 14.3 Å². The molecule has 1 fully saturated rings. The average molecular weight is 448 g/mol. The molecule has 0 saturated carbocycles. The van der Waals surface area contributed by atoms with Gasteiger partial charge in [-0.2, -0.15) is 5.10 Å². The first-order valence-corrected chi connectivity index (χ1v) is 11.1. The van der Waals surface area contributed by atoms with Crippen LogP contribution in [0, 0.1) is 5.82 Å². The zero-order valence-corrected chi connectivity index (χ0v) is 18.1. The lowest BCUT2D eigenvalue weighted by Gasteiger charge is -2.15. The van der Waals surface area contributed by atoms with Crippen LogP contribution in [-0.4, -0.2) is 39.1 Å². The van der Waals surface area contributed by atoms with Crippen molar-refractivity contribution >= 4 is 29.1 Å². The van der Waals surface area contributed by atoms with Crippen LogP contribution in [0.15, 0.2) is 89.1 Å². The van der Waals surface area contributed by atoms with Crippen molar-refractivity contribution in [3.8, 4) is 5.75 Å². The third kappa shape index (κ3) is 5.42. The maximum atomic E-state index is 13.2. The molecule has 1 amide bonds. The van der Waals surface area contributed by atoms with Crippen LogP contribution in [0.2, 0.25) is 0 Å². The first kappa shape index (κ1) is 21.8. The Morgan fingerprint density at radius 3 is 2.44 bits per heavy atom. The second-order valence-electron chi connectivity index (χ2n) is 7.35. The van der Waals surface area contributed by atoms with Gasteiger partial charge in [-0.05, 0) is 48.2 Å². The maximum absolute atomic E-state index is 13.2. The van der Waals surface area contributed by atoms with E-state index in [4.69, 9.17) is 0 Å². The molecule has 0 bridgehead atoms. The summed E-state index contributed by atoms with van der Waals surface area (Å²) in [6.07, 6.45) is 2.64. The first-order chi connectivity index (χ1) is 15.6. The Morgan fingerprint density at radius 2 is 1.69 bits per heavy atom. The molecular formula is C25H22FN3O2S. The van der Waals surface area contributed by atoms with Crippen LogP contribution < -0.4 is 0 Å². The minimum atomic E-state index is -0.352. The average Bonchev–Trinajstić information content (AvgIpc) is 3.10. The fourth-order valence-corrected chi connectivity index (χ4v) is 4.54. The molecule has 1 N–H and O–H groups in total. The maximum Gasteiger partial charge on any atom is 0.242 e. The number of amidine groups is 1. The van der Waals surface area contributed by atoms with Crippen LogP contribution in [0.4, 0.5) is 4.39 Å². The summed E-state index contributed by atoms with van der Waals surface area (Å²) in [4.78, 5) is 14.8. The number of aromatic hydroxyl groups is 1. The van der Waals surface area contributed by atoms with Gasteiger partial charge >= 0.3 is 0 Å². The van der Waals surface area contributed by atoms with Crippen molar-refractivity contribution in [2.45, 2.75) is 18.1 Å². The van der Waals surface area contributed by atoms with Crippen LogP contribution in [-0.2, 0) is 17.6 Å². The Hall–Kier alpha value is -3.45. The fraction of sp³-hybridized carbons (Fsp3) is 0.160. The number of para-hydroxylation sites is 1. The zero-order valence-electron chi connectivity index (χ0n) is 17.3. The minimum absolute atomic E-state index is 0.0354. The molecule has 1 aliphatic rings. The second kappa shape index (κ2) is 10.2. The van der Waals surface area contributed by atoms with E-state index in [0.29, 0.717) is 30.1 Å². The number of halogens is 1. The van der Waals surface area contributed by atoms with Crippen molar-refractivity contribution in [3.05, 3.63) is 101 Å². The molecule has 0 aromatic heterocycles. The highest BCUT2D eigenvalue weighted by Crippen LogP contribution is 2.30. The number of hydrogen-bond acceptors (Lipinski definition) is 5. The Balaban J connectivity index is 1.53. The topological polar surface area (TPSA) is 65.3 Å². The lowest BCUT2D eigenvalue weighted by Crippen LogP contribution is -2.34. The molecular weight excluding hydrogens is 425 g/mol. The number of carbonyl (C=O) groups excluding carboxylic acids is 1. The van der Waals surface area contributed by atoms with Gasteiger partial charge in [0.25, 0.3) is 0 Å². The van der Waals surface area contributed by atoms with Crippen LogP contribution >= 0.6 is 11.8 Å². The molecule has 1 heterocycles. The second-order valence-corrected chi connectivity index (χ2v) is 8.52. The van der Waals surface area contributed by atoms with Crippen molar-refractivity contribution in [2.24, 2.45) is 10.2 Å². The van der Waals surface area contributed by atoms with E-state index in [0.717, 1.165) is 11.1 Å². The summed E-state index contributed by atoms with van der Waals surface area (Å²) >= 11 is 1.36. The highest BCUT2D eigenvalue weighted by molar-refractivity contribution is 8.15. The standard InChI is InChI=1S/C25H22FN3O2S/c26-21-12-10-19(11-13-21)16-23-24(31)29(15-14-18-6-2-1-3-7-18)25(32-23)28-27-17-20-8-4-5-9-22(20)30/h1-13,17,23,30H,14-16H2/b27-17+,28-25+. The molecule has 0 radical (unpaired) electrons. The van der Waals surface area contributed by atoms with Gasteiger partial charge < -0.3 is 5.11 Å². The number of hydrogen-bond donors (Lipinski definition) is 1. The van der Waals surface area contributed by atoms with Crippen LogP contribution in [0.25, 0.3) is 0 Å². The van der Waals surface area contributed by atoms with Gasteiger partial charge in [-0.3, -0.25) is 9.69 Å². The molecule has 0 aliphatic carbocycles. The highest BCUT2D eigenvalue weighted by Gasteiger charge is 2.37. The molecule has 5 nitrogen and oxygen atoms in total. The van der Waals surface area contributed by atoms with Gasteiger partial charge in [0, 0.05) is 12.1 Å². The summed E-state index contributed by atoms with van der Waals surface area (Å²) < 4.78 is 13.2. The van der Waals surface area contributed by atoms with Crippen molar-refractivity contribution in [1.29, 1.82) is 0 Å². The summed E-state index contributed by atoms with van der Waals surface area (Å²) in [6, 6.07) is 23.0. The predicted molar refractivity (Wildman–Crippen MR) is 126 cm³/mol. The number of carbonyl (C=O) groups is 1. The molecule has 7 heteroatoms. The molecule has 162 valence electrons. The van der Waals surface area contributed by atoms with Crippen molar-refractivity contribution in [2.75, 3.05) is 6.54 Å². The zero-order chi connectivity index (χ0) is 22.3. The Kier molecular flexibility index (Phi) is 6.97. The van der Waals surface area contributed by atoms with E-state index in [1.807, 2.05) is 30.3 Å². The molecule has 1 saturated heterocycles. The molecule has 32 heavy (non-hydrogen) atoms. The monoisotopic (exact) mass is 447 g/mol. The van der Waals surface area contributed by atoms with E-state index >= 15 is 0 Å². The van der Waals surface area contributed by atoms with E-state index in [1.54, 1.807) is 41.3 Å². The van der Waals surface area contributed by atoms with Gasteiger partial charge in [0.2, 0.25) is 5.91 Å². The van der Waals surface area contributed by atoms with E-state index < -0.39 is 0 Å². The third-order valence-corrected chi connectivity index (χ3v) is 6.26. The van der Waals surface area contributed by atoms with Gasteiger partial charge in [-0.25, -0.2) is 4.39 Å². The first-order valence-electron chi connectivity index (χ1n) is 10.3. The largest absolute Gasteiger partial charge is 0.507 e. The van der Waals surface area contributed by atoms with Gasteiger partial charge in [0.15, 0.2) is 5.17 Å². The molecule has 1 unspecified atom stereocenters. The highest BCUT2D eigenvalue weighted by atomic mass is 32.2. The van der Waals surface area contributed by atoms with Crippen LogP contribution in [0.5, 0.6) is 5.75 Å². The lowest BCUT2D eigenvalue weighted by molar-refractivity contribution is -0.126. The predicted octanol–water partition coefficient (Wildman–Crippen LogP) is 4.65. The van der Waals surface area contributed by atoms with Crippen LogP contribution in [0.1, 0.15) is 16.7 Å². The number of thioether (sulfide) groups is 1.